The lowest BCUT2D eigenvalue weighted by atomic mass is 10.1. The first kappa shape index (κ1) is 15.3. The zero-order valence-electron chi connectivity index (χ0n) is 16.6. The highest BCUT2D eigenvalue weighted by molar-refractivity contribution is 5.65. The lowest BCUT2D eigenvalue weighted by Gasteiger charge is -2.11. The molecule has 0 N–H and O–H groups in total. The van der Waals surface area contributed by atoms with Gasteiger partial charge in [-0.3, -0.25) is 13.9 Å². The molecule has 0 fully saturated rings. The molecule has 3 aromatic heterocycles. The summed E-state index contributed by atoms with van der Waals surface area (Å²) in [5, 5.41) is 3.58. The average Bonchev–Trinajstić information content (AvgIpc) is 3.14. The van der Waals surface area contributed by atoms with Crippen molar-refractivity contribution in [2.24, 2.45) is 6.98 Å². The largest absolute Gasteiger partial charge is 0.434 e. The standard InChI is InChI=1S/C15H13F6N5O/c1-8-6-26-12(27)10(11(15(19,20)21)23-13(26)24(8)2)9-5-22-25(7-9)4-3-14(16,17)18/h5-7H,3-4H2,1-2H3/i2D3. The first-order valence-corrected chi connectivity index (χ1v) is 7.41. The summed E-state index contributed by atoms with van der Waals surface area (Å²) in [4.78, 5) is 16.2. The van der Waals surface area contributed by atoms with E-state index >= 15 is 0 Å². The molecule has 0 spiro atoms. The number of imidazole rings is 1. The summed E-state index contributed by atoms with van der Waals surface area (Å²) in [5.74, 6) is -0.738. The first-order valence-electron chi connectivity index (χ1n) is 8.91. The molecule has 12 heteroatoms. The molecule has 0 saturated carbocycles. The molecule has 3 aromatic rings. The van der Waals surface area contributed by atoms with E-state index in [1.807, 2.05) is 0 Å². The van der Waals surface area contributed by atoms with Crippen molar-refractivity contribution in [2.75, 3.05) is 0 Å². The molecule has 0 saturated heterocycles. The minimum absolute atomic E-state index is 0.0363. The first-order chi connectivity index (χ1) is 13.6. The SMILES string of the molecule is [2H]C([2H])([2H])n1c(C)cn2c(=O)c(-c3cnn(CCC(F)(F)F)c3)c(C(F)(F)F)nc12. The lowest BCUT2D eigenvalue weighted by molar-refractivity contribution is -0.140. The number of nitrogens with zero attached hydrogens (tertiary/aromatic N) is 5. The molecule has 0 aliphatic heterocycles. The van der Waals surface area contributed by atoms with Crippen LogP contribution in [0.1, 0.15) is 21.9 Å². The number of halogens is 6. The molecule has 0 aliphatic carbocycles. The zero-order valence-corrected chi connectivity index (χ0v) is 13.6. The van der Waals surface area contributed by atoms with Crippen LogP contribution in [0.3, 0.4) is 0 Å². The second-order valence-corrected chi connectivity index (χ2v) is 5.77. The molecular weight excluding hydrogens is 380 g/mol. The van der Waals surface area contributed by atoms with Crippen molar-refractivity contribution in [1.82, 2.24) is 23.7 Å². The summed E-state index contributed by atoms with van der Waals surface area (Å²) < 4.78 is 102. The number of aromatic nitrogens is 5. The Bertz CT molecular complexity index is 1160. The highest BCUT2D eigenvalue weighted by Crippen LogP contribution is 2.34. The number of rotatable bonds is 3. The van der Waals surface area contributed by atoms with E-state index in [2.05, 4.69) is 10.1 Å². The topological polar surface area (TPSA) is 57.1 Å². The quantitative estimate of drug-likeness (QED) is 0.639. The zero-order chi connectivity index (χ0) is 22.6. The summed E-state index contributed by atoms with van der Waals surface area (Å²) in [6.07, 6.45) is -8.19. The summed E-state index contributed by atoms with van der Waals surface area (Å²) in [7, 11) is 0. The van der Waals surface area contributed by atoms with Crippen LogP contribution in [0, 0.1) is 6.92 Å². The number of fused-ring (bicyclic) bond motifs is 1. The van der Waals surface area contributed by atoms with Crippen LogP contribution in [0.25, 0.3) is 16.9 Å². The summed E-state index contributed by atoms with van der Waals surface area (Å²) in [6, 6.07) is 0. The van der Waals surface area contributed by atoms with Gasteiger partial charge < -0.3 is 4.57 Å². The van der Waals surface area contributed by atoms with E-state index in [1.54, 1.807) is 0 Å². The third-order valence-electron chi connectivity index (χ3n) is 3.78. The van der Waals surface area contributed by atoms with Crippen molar-refractivity contribution >= 4 is 5.78 Å². The maximum atomic E-state index is 13.7. The van der Waals surface area contributed by atoms with Crippen LogP contribution in [-0.2, 0) is 19.7 Å². The third-order valence-corrected chi connectivity index (χ3v) is 3.78. The smallest absolute Gasteiger partial charge is 0.317 e. The van der Waals surface area contributed by atoms with E-state index in [-0.39, 0.29) is 5.69 Å². The highest BCUT2D eigenvalue weighted by atomic mass is 19.4. The highest BCUT2D eigenvalue weighted by Gasteiger charge is 2.39. The van der Waals surface area contributed by atoms with Crippen molar-refractivity contribution < 1.29 is 30.5 Å². The normalized spacial score (nSPS) is 15.0. The summed E-state index contributed by atoms with van der Waals surface area (Å²) in [6.45, 7) is -2.27. The van der Waals surface area contributed by atoms with Crippen LogP contribution in [0.4, 0.5) is 26.3 Å². The van der Waals surface area contributed by atoms with Gasteiger partial charge in [-0.2, -0.15) is 31.4 Å². The van der Waals surface area contributed by atoms with Crippen LogP contribution >= 0.6 is 0 Å². The van der Waals surface area contributed by atoms with Gasteiger partial charge in [0.25, 0.3) is 5.56 Å². The maximum Gasteiger partial charge on any atom is 0.434 e. The predicted octanol–water partition coefficient (Wildman–Crippen LogP) is 3.18. The van der Waals surface area contributed by atoms with Crippen LogP contribution in [0.15, 0.2) is 23.4 Å². The van der Waals surface area contributed by atoms with Crippen LogP contribution in [-0.4, -0.2) is 29.9 Å². The van der Waals surface area contributed by atoms with Crippen molar-refractivity contribution in [2.45, 2.75) is 32.2 Å². The van der Waals surface area contributed by atoms with Crippen LogP contribution < -0.4 is 5.56 Å². The lowest BCUT2D eigenvalue weighted by Crippen LogP contribution is -2.23. The molecule has 0 aliphatic rings. The van der Waals surface area contributed by atoms with Gasteiger partial charge in [-0.15, -0.1) is 0 Å². The van der Waals surface area contributed by atoms with Gasteiger partial charge in [0.1, 0.15) is 0 Å². The predicted molar refractivity (Wildman–Crippen MR) is 82.1 cm³/mol. The monoisotopic (exact) mass is 396 g/mol. The number of hydrogen-bond donors (Lipinski definition) is 0. The molecule has 0 amide bonds. The van der Waals surface area contributed by atoms with E-state index in [9.17, 15) is 31.1 Å². The fourth-order valence-electron chi connectivity index (χ4n) is 2.52. The number of hydrogen-bond acceptors (Lipinski definition) is 3. The minimum atomic E-state index is -5.14. The van der Waals surface area contributed by atoms with Gasteiger partial charge in [-0.25, -0.2) is 4.98 Å². The Balaban J connectivity index is 2.24. The molecule has 6 nitrogen and oxygen atoms in total. The van der Waals surface area contributed by atoms with Crippen molar-refractivity contribution in [3.63, 3.8) is 0 Å². The molecule has 0 bridgehead atoms. The number of alkyl halides is 6. The molecule has 3 heterocycles. The Morgan fingerprint density at radius 1 is 1.19 bits per heavy atom. The van der Waals surface area contributed by atoms with Crippen molar-refractivity contribution in [3.05, 3.63) is 40.3 Å². The Morgan fingerprint density at radius 2 is 1.89 bits per heavy atom. The molecule has 0 aromatic carbocycles. The molecule has 0 atom stereocenters. The van der Waals surface area contributed by atoms with Gasteiger partial charge in [-0.05, 0) is 6.92 Å². The van der Waals surface area contributed by atoms with Crippen molar-refractivity contribution in [1.29, 1.82) is 0 Å². The van der Waals surface area contributed by atoms with Gasteiger partial charge >= 0.3 is 12.4 Å². The second-order valence-electron chi connectivity index (χ2n) is 5.77. The van der Waals surface area contributed by atoms with Crippen LogP contribution in [0.2, 0.25) is 0 Å². The van der Waals surface area contributed by atoms with Gasteiger partial charge in [0, 0.05) is 41.3 Å². The molecular formula is C15H13F6N5O. The molecule has 0 radical (unpaired) electrons. The fourth-order valence-corrected chi connectivity index (χ4v) is 2.52. The van der Waals surface area contributed by atoms with E-state index < -0.39 is 60.5 Å². The van der Waals surface area contributed by atoms with E-state index in [1.165, 1.54) is 6.92 Å². The maximum absolute atomic E-state index is 13.7. The van der Waals surface area contributed by atoms with Crippen molar-refractivity contribution in [3.8, 4) is 11.1 Å². The van der Waals surface area contributed by atoms with Gasteiger partial charge in [-0.1, -0.05) is 0 Å². The fraction of sp³-hybridized carbons (Fsp3) is 0.400. The third kappa shape index (κ3) is 3.55. The summed E-state index contributed by atoms with van der Waals surface area (Å²) in [5.41, 5.74) is -4.26. The summed E-state index contributed by atoms with van der Waals surface area (Å²) >= 11 is 0. The Labute approximate surface area is 151 Å². The molecule has 3 rings (SSSR count). The van der Waals surface area contributed by atoms with E-state index in [0.29, 0.717) is 8.97 Å². The van der Waals surface area contributed by atoms with E-state index in [0.717, 1.165) is 23.3 Å². The minimum Gasteiger partial charge on any atom is -0.317 e. The molecule has 27 heavy (non-hydrogen) atoms. The van der Waals surface area contributed by atoms with E-state index in [4.69, 9.17) is 4.11 Å². The molecule has 0 unspecified atom stereocenters. The second kappa shape index (κ2) is 6.13. The van der Waals surface area contributed by atoms with Gasteiger partial charge in [0.2, 0.25) is 5.78 Å². The Hall–Kier alpha value is -2.79. The Morgan fingerprint density at radius 3 is 2.48 bits per heavy atom. The van der Waals surface area contributed by atoms with Gasteiger partial charge in [0.15, 0.2) is 5.69 Å². The average molecular weight is 396 g/mol. The van der Waals surface area contributed by atoms with Crippen LogP contribution in [0.5, 0.6) is 0 Å². The van der Waals surface area contributed by atoms with Gasteiger partial charge in [0.05, 0.1) is 18.2 Å². The molecule has 146 valence electrons. The number of aryl methyl sites for hydroxylation is 3. The Kier molecular flexibility index (Phi) is 3.47.